The smallest absolute Gasteiger partial charge is 0.303 e. The minimum absolute atomic E-state index is 0.115. The van der Waals surface area contributed by atoms with Gasteiger partial charge in [-0.15, -0.1) is 0 Å². The quantitative estimate of drug-likeness (QED) is 0.188. The maximum atomic E-state index is 10.1. The zero-order valence-electron chi connectivity index (χ0n) is 5.49. The van der Waals surface area contributed by atoms with Crippen molar-refractivity contribution in [1.82, 2.24) is 5.32 Å². The summed E-state index contributed by atoms with van der Waals surface area (Å²) in [5.41, 5.74) is 0. The van der Waals surface area contributed by atoms with Crippen LogP contribution in [0.5, 0.6) is 0 Å². The van der Waals surface area contributed by atoms with Crippen LogP contribution < -0.4 is 5.32 Å². The average Bonchev–Trinajstić information content (AvgIpc) is 1.79. The van der Waals surface area contributed by atoms with Gasteiger partial charge in [0.1, 0.15) is 6.73 Å². The fourth-order valence-corrected chi connectivity index (χ4v) is 0.290. The SMILES string of the molecule is CC(=O)OCNC[N+](=O)[O-]. The molecule has 0 aromatic heterocycles. The number of hydrogen-bond donors (Lipinski definition) is 1. The van der Waals surface area contributed by atoms with E-state index in [0.29, 0.717) is 0 Å². The number of nitrogens with one attached hydrogen (secondary N) is 1. The summed E-state index contributed by atoms with van der Waals surface area (Å²) in [4.78, 5) is 19.2. The van der Waals surface area contributed by atoms with Gasteiger partial charge in [-0.3, -0.25) is 14.9 Å². The molecule has 6 nitrogen and oxygen atoms in total. The lowest BCUT2D eigenvalue weighted by molar-refractivity contribution is -0.486. The Labute approximate surface area is 57.3 Å². The van der Waals surface area contributed by atoms with E-state index in [9.17, 15) is 14.9 Å². The number of esters is 1. The summed E-state index contributed by atoms with van der Waals surface area (Å²) in [6.07, 6.45) is 0. The van der Waals surface area contributed by atoms with Gasteiger partial charge in [-0.25, -0.2) is 5.32 Å². The molecule has 0 fully saturated rings. The van der Waals surface area contributed by atoms with E-state index in [1.54, 1.807) is 0 Å². The molecule has 0 aliphatic rings. The fourth-order valence-electron chi connectivity index (χ4n) is 0.290. The van der Waals surface area contributed by atoms with Crippen LogP contribution in [0, 0.1) is 10.1 Å². The van der Waals surface area contributed by atoms with E-state index >= 15 is 0 Å². The zero-order chi connectivity index (χ0) is 7.98. The Morgan fingerprint density at radius 3 is 2.80 bits per heavy atom. The molecule has 0 saturated carbocycles. The second-order valence-corrected chi connectivity index (χ2v) is 1.52. The van der Waals surface area contributed by atoms with Crippen LogP contribution in [0.4, 0.5) is 0 Å². The van der Waals surface area contributed by atoms with Gasteiger partial charge in [-0.05, 0) is 0 Å². The summed E-state index contributed by atoms with van der Waals surface area (Å²) >= 11 is 0. The molecule has 0 radical (unpaired) electrons. The molecule has 0 heterocycles. The van der Waals surface area contributed by atoms with Crippen molar-refractivity contribution in [2.24, 2.45) is 0 Å². The van der Waals surface area contributed by atoms with Gasteiger partial charge in [0.2, 0.25) is 0 Å². The maximum absolute atomic E-state index is 10.1. The highest BCUT2D eigenvalue weighted by atomic mass is 16.6. The van der Waals surface area contributed by atoms with Gasteiger partial charge in [0, 0.05) is 11.8 Å². The normalized spacial score (nSPS) is 8.90. The van der Waals surface area contributed by atoms with Gasteiger partial charge in [0.25, 0.3) is 6.67 Å². The molecule has 10 heavy (non-hydrogen) atoms. The second kappa shape index (κ2) is 4.68. The van der Waals surface area contributed by atoms with E-state index < -0.39 is 17.6 Å². The molecule has 0 aliphatic carbocycles. The van der Waals surface area contributed by atoms with Crippen molar-refractivity contribution in [3.8, 4) is 0 Å². The highest BCUT2D eigenvalue weighted by Gasteiger charge is 1.94. The van der Waals surface area contributed by atoms with Crippen LogP contribution in [0.25, 0.3) is 0 Å². The Hall–Kier alpha value is -1.17. The van der Waals surface area contributed by atoms with E-state index in [-0.39, 0.29) is 6.73 Å². The minimum atomic E-state index is -0.552. The molecular formula is C4H8N2O4. The first-order valence-corrected chi connectivity index (χ1v) is 2.59. The summed E-state index contributed by atoms with van der Waals surface area (Å²) in [7, 11) is 0. The first kappa shape index (κ1) is 8.83. The third-order valence-corrected chi connectivity index (χ3v) is 0.618. The van der Waals surface area contributed by atoms with E-state index in [4.69, 9.17) is 0 Å². The minimum Gasteiger partial charge on any atom is -0.450 e. The highest BCUT2D eigenvalue weighted by Crippen LogP contribution is 1.71. The third-order valence-electron chi connectivity index (χ3n) is 0.618. The van der Waals surface area contributed by atoms with E-state index in [2.05, 4.69) is 10.1 Å². The summed E-state index contributed by atoms with van der Waals surface area (Å²) in [5, 5.41) is 11.9. The van der Waals surface area contributed by atoms with Crippen LogP contribution in [0.1, 0.15) is 6.92 Å². The predicted octanol–water partition coefficient (Wildman–Crippen LogP) is -0.669. The molecule has 0 spiro atoms. The van der Waals surface area contributed by atoms with Crippen LogP contribution in [0.2, 0.25) is 0 Å². The van der Waals surface area contributed by atoms with Crippen molar-refractivity contribution >= 4 is 5.97 Å². The molecule has 0 rings (SSSR count). The molecular weight excluding hydrogens is 140 g/mol. The van der Waals surface area contributed by atoms with Crippen LogP contribution in [-0.2, 0) is 9.53 Å². The van der Waals surface area contributed by atoms with Crippen molar-refractivity contribution in [3.05, 3.63) is 10.1 Å². The summed E-state index contributed by atoms with van der Waals surface area (Å²) < 4.78 is 4.34. The highest BCUT2D eigenvalue weighted by molar-refractivity contribution is 5.65. The molecule has 1 N–H and O–H groups in total. The number of carbonyl (C=O) groups is 1. The molecule has 58 valence electrons. The average molecular weight is 148 g/mol. The predicted molar refractivity (Wildman–Crippen MR) is 31.6 cm³/mol. The van der Waals surface area contributed by atoms with Gasteiger partial charge < -0.3 is 4.74 Å². The molecule has 0 aromatic carbocycles. The lowest BCUT2D eigenvalue weighted by atomic mass is 10.8. The molecule has 0 aliphatic heterocycles. The second-order valence-electron chi connectivity index (χ2n) is 1.52. The number of rotatable bonds is 4. The van der Waals surface area contributed by atoms with Crippen LogP contribution in [-0.4, -0.2) is 24.3 Å². The number of hydrogen-bond acceptors (Lipinski definition) is 5. The summed E-state index contributed by atoms with van der Waals surface area (Å²) in [6.45, 7) is 0.720. The van der Waals surface area contributed by atoms with Crippen molar-refractivity contribution in [2.45, 2.75) is 6.92 Å². The summed E-state index contributed by atoms with van der Waals surface area (Å²) in [5.74, 6) is -0.462. The summed E-state index contributed by atoms with van der Waals surface area (Å²) in [6, 6.07) is 0. The van der Waals surface area contributed by atoms with Gasteiger partial charge in [0.05, 0.1) is 0 Å². The molecule has 0 atom stereocenters. The van der Waals surface area contributed by atoms with Crippen LogP contribution >= 0.6 is 0 Å². The molecule has 0 unspecified atom stereocenters. The third kappa shape index (κ3) is 6.83. The Morgan fingerprint density at radius 2 is 2.40 bits per heavy atom. The monoisotopic (exact) mass is 148 g/mol. The van der Waals surface area contributed by atoms with Crippen molar-refractivity contribution in [1.29, 1.82) is 0 Å². The molecule has 0 amide bonds. The number of carbonyl (C=O) groups excluding carboxylic acids is 1. The zero-order valence-corrected chi connectivity index (χ0v) is 5.49. The molecule has 0 bridgehead atoms. The van der Waals surface area contributed by atoms with Crippen molar-refractivity contribution < 1.29 is 14.5 Å². The first-order chi connectivity index (χ1) is 4.63. The lowest BCUT2D eigenvalue weighted by Crippen LogP contribution is -2.25. The van der Waals surface area contributed by atoms with Gasteiger partial charge >= 0.3 is 5.97 Å². The van der Waals surface area contributed by atoms with E-state index in [1.165, 1.54) is 6.92 Å². The lowest BCUT2D eigenvalue weighted by Gasteiger charge is -1.98. The Morgan fingerprint density at radius 1 is 1.80 bits per heavy atom. The van der Waals surface area contributed by atoms with Gasteiger partial charge in [0.15, 0.2) is 0 Å². The van der Waals surface area contributed by atoms with Crippen molar-refractivity contribution in [3.63, 3.8) is 0 Å². The number of ether oxygens (including phenoxy) is 1. The Kier molecular flexibility index (Phi) is 4.14. The largest absolute Gasteiger partial charge is 0.450 e. The molecule has 6 heteroatoms. The van der Waals surface area contributed by atoms with Gasteiger partial charge in [-0.2, -0.15) is 0 Å². The molecule has 0 saturated heterocycles. The van der Waals surface area contributed by atoms with E-state index in [0.717, 1.165) is 0 Å². The van der Waals surface area contributed by atoms with Crippen LogP contribution in [0.15, 0.2) is 0 Å². The topological polar surface area (TPSA) is 81.5 Å². The Bertz CT molecular complexity index is 119. The number of nitro groups is 1. The fraction of sp³-hybridized carbons (Fsp3) is 0.750. The van der Waals surface area contributed by atoms with Gasteiger partial charge in [-0.1, -0.05) is 0 Å². The Balaban J connectivity index is 3.06. The number of nitrogens with zero attached hydrogens (tertiary/aromatic N) is 1. The van der Waals surface area contributed by atoms with Crippen LogP contribution in [0.3, 0.4) is 0 Å². The molecule has 0 aromatic rings. The van der Waals surface area contributed by atoms with E-state index in [1.807, 2.05) is 0 Å². The first-order valence-electron chi connectivity index (χ1n) is 2.59. The maximum Gasteiger partial charge on any atom is 0.303 e. The standard InChI is InChI=1S/C4H8N2O4/c1-4(7)10-3-5-2-6(8)9/h5H,2-3H2,1H3. The van der Waals surface area contributed by atoms with Crippen molar-refractivity contribution in [2.75, 3.05) is 13.4 Å².